The molecule has 7 nitrogen and oxygen atoms in total. The van der Waals surface area contributed by atoms with Gasteiger partial charge in [-0.15, -0.1) is 0 Å². The molecule has 0 N–H and O–H groups in total. The second-order valence-corrected chi connectivity index (χ2v) is 7.93. The van der Waals surface area contributed by atoms with Crippen LogP contribution in [0.1, 0.15) is 30.0 Å². The lowest BCUT2D eigenvalue weighted by Gasteiger charge is -2.31. The van der Waals surface area contributed by atoms with Crippen LogP contribution in [0.15, 0.2) is 52.1 Å². The van der Waals surface area contributed by atoms with Crippen LogP contribution < -0.4 is 11.2 Å². The SMILES string of the molecule is COCCn1c(=O)n(C)c(=O)c2ccc(C3CCN(Cc4ccccc4)CC3)nc21. The fraction of sp³-hybridized carbons (Fsp3) is 0.435. The maximum atomic E-state index is 12.6. The number of piperidine rings is 1. The molecule has 30 heavy (non-hydrogen) atoms. The molecule has 0 unspecified atom stereocenters. The van der Waals surface area contributed by atoms with Crippen LogP contribution in [-0.4, -0.2) is 45.8 Å². The summed E-state index contributed by atoms with van der Waals surface area (Å²) in [4.78, 5) is 32.5. The van der Waals surface area contributed by atoms with E-state index in [9.17, 15) is 9.59 Å². The molecule has 1 saturated heterocycles. The van der Waals surface area contributed by atoms with Crippen molar-refractivity contribution in [3.8, 4) is 0 Å². The number of fused-ring (bicyclic) bond motifs is 1. The minimum Gasteiger partial charge on any atom is -0.383 e. The first kappa shape index (κ1) is 20.5. The summed E-state index contributed by atoms with van der Waals surface area (Å²) in [5.41, 5.74) is 2.09. The number of nitrogens with zero attached hydrogens (tertiary/aromatic N) is 4. The molecule has 2 aromatic heterocycles. The van der Waals surface area contributed by atoms with E-state index < -0.39 is 0 Å². The number of hydrogen-bond donors (Lipinski definition) is 0. The number of pyridine rings is 1. The van der Waals surface area contributed by atoms with Gasteiger partial charge in [0.25, 0.3) is 5.56 Å². The van der Waals surface area contributed by atoms with E-state index in [0.717, 1.165) is 42.7 Å². The van der Waals surface area contributed by atoms with Crippen molar-refractivity contribution in [2.24, 2.45) is 7.05 Å². The Morgan fingerprint density at radius 1 is 1.07 bits per heavy atom. The average Bonchev–Trinajstić information content (AvgIpc) is 2.78. The van der Waals surface area contributed by atoms with Gasteiger partial charge in [-0.25, -0.2) is 9.78 Å². The maximum Gasteiger partial charge on any atom is 0.332 e. The third kappa shape index (κ3) is 4.08. The van der Waals surface area contributed by atoms with Gasteiger partial charge in [-0.3, -0.25) is 18.8 Å². The molecule has 0 atom stereocenters. The zero-order valence-electron chi connectivity index (χ0n) is 17.6. The van der Waals surface area contributed by atoms with Crippen LogP contribution in [-0.2, 0) is 24.9 Å². The van der Waals surface area contributed by atoms with Gasteiger partial charge in [0.2, 0.25) is 0 Å². The third-order valence-electron chi connectivity index (χ3n) is 5.98. The standard InChI is InChI=1S/C23H28N4O3/c1-25-22(28)19-8-9-20(24-21(19)27(23(25)29)14-15-30-2)18-10-12-26(13-11-18)16-17-6-4-3-5-7-17/h3-9,18H,10-16H2,1-2H3. The highest BCUT2D eigenvalue weighted by Crippen LogP contribution is 2.28. The number of hydrogen-bond acceptors (Lipinski definition) is 5. The van der Waals surface area contributed by atoms with E-state index in [4.69, 9.17) is 9.72 Å². The molecule has 1 aliphatic rings. The molecular weight excluding hydrogens is 380 g/mol. The number of rotatable bonds is 6. The van der Waals surface area contributed by atoms with Crippen molar-refractivity contribution in [3.05, 3.63) is 74.6 Å². The lowest BCUT2D eigenvalue weighted by atomic mass is 9.92. The highest BCUT2D eigenvalue weighted by molar-refractivity contribution is 5.74. The number of likely N-dealkylation sites (tertiary alicyclic amines) is 1. The Hall–Kier alpha value is -2.77. The molecule has 3 aromatic rings. The molecule has 0 aliphatic carbocycles. The van der Waals surface area contributed by atoms with E-state index in [-0.39, 0.29) is 11.2 Å². The van der Waals surface area contributed by atoms with E-state index in [1.54, 1.807) is 11.7 Å². The first-order valence-corrected chi connectivity index (χ1v) is 10.4. The van der Waals surface area contributed by atoms with Crippen molar-refractivity contribution < 1.29 is 4.74 Å². The molecule has 1 aromatic carbocycles. The molecular formula is C23H28N4O3. The quantitative estimate of drug-likeness (QED) is 0.625. The smallest absolute Gasteiger partial charge is 0.332 e. The summed E-state index contributed by atoms with van der Waals surface area (Å²) in [6, 6.07) is 14.3. The van der Waals surface area contributed by atoms with Gasteiger partial charge >= 0.3 is 5.69 Å². The highest BCUT2D eigenvalue weighted by Gasteiger charge is 2.23. The minimum absolute atomic E-state index is 0.305. The van der Waals surface area contributed by atoms with Crippen molar-refractivity contribution in [1.29, 1.82) is 0 Å². The molecule has 0 spiro atoms. The molecule has 0 radical (unpaired) electrons. The van der Waals surface area contributed by atoms with Crippen molar-refractivity contribution in [2.45, 2.75) is 31.8 Å². The van der Waals surface area contributed by atoms with Crippen LogP contribution in [0.2, 0.25) is 0 Å². The van der Waals surface area contributed by atoms with Crippen LogP contribution in [0.3, 0.4) is 0 Å². The summed E-state index contributed by atoms with van der Waals surface area (Å²) in [6.07, 6.45) is 2.02. The largest absolute Gasteiger partial charge is 0.383 e. The van der Waals surface area contributed by atoms with E-state index in [1.165, 1.54) is 12.6 Å². The first-order valence-electron chi connectivity index (χ1n) is 10.4. The minimum atomic E-state index is -0.355. The van der Waals surface area contributed by atoms with Gasteiger partial charge in [-0.05, 0) is 43.6 Å². The fourth-order valence-corrected chi connectivity index (χ4v) is 4.21. The zero-order chi connectivity index (χ0) is 21.1. The summed E-state index contributed by atoms with van der Waals surface area (Å²) in [7, 11) is 3.10. The van der Waals surface area contributed by atoms with Gasteiger partial charge in [-0.1, -0.05) is 30.3 Å². The Balaban J connectivity index is 1.57. The van der Waals surface area contributed by atoms with Crippen molar-refractivity contribution in [1.82, 2.24) is 19.0 Å². The van der Waals surface area contributed by atoms with E-state index in [1.807, 2.05) is 18.2 Å². The summed E-state index contributed by atoms with van der Waals surface area (Å²) in [5.74, 6) is 0.330. The molecule has 7 heteroatoms. The summed E-state index contributed by atoms with van der Waals surface area (Å²) < 4.78 is 7.84. The molecule has 1 aliphatic heterocycles. The zero-order valence-corrected chi connectivity index (χ0v) is 17.6. The van der Waals surface area contributed by atoms with Crippen molar-refractivity contribution in [2.75, 3.05) is 26.8 Å². The van der Waals surface area contributed by atoms with E-state index >= 15 is 0 Å². The predicted molar refractivity (Wildman–Crippen MR) is 117 cm³/mol. The lowest BCUT2D eigenvalue weighted by Crippen LogP contribution is -2.39. The van der Waals surface area contributed by atoms with Gasteiger partial charge in [0.1, 0.15) is 5.65 Å². The van der Waals surface area contributed by atoms with Gasteiger partial charge in [-0.2, -0.15) is 0 Å². The van der Waals surface area contributed by atoms with Crippen LogP contribution in [0.4, 0.5) is 0 Å². The number of benzene rings is 1. The molecule has 0 amide bonds. The van der Waals surface area contributed by atoms with Crippen LogP contribution in [0.5, 0.6) is 0 Å². The second kappa shape index (κ2) is 8.93. The monoisotopic (exact) mass is 408 g/mol. The lowest BCUT2D eigenvalue weighted by molar-refractivity contribution is 0.186. The maximum absolute atomic E-state index is 12.6. The molecule has 0 bridgehead atoms. The number of methoxy groups -OCH3 is 1. The Kier molecular flexibility index (Phi) is 6.11. The summed E-state index contributed by atoms with van der Waals surface area (Å²) in [6.45, 7) is 3.73. The topological polar surface area (TPSA) is 69.4 Å². The van der Waals surface area contributed by atoms with Gasteiger partial charge < -0.3 is 4.74 Å². The highest BCUT2D eigenvalue weighted by atomic mass is 16.5. The fourth-order valence-electron chi connectivity index (χ4n) is 4.21. The van der Waals surface area contributed by atoms with Crippen LogP contribution >= 0.6 is 0 Å². The summed E-state index contributed by atoms with van der Waals surface area (Å²) in [5, 5.41) is 0.471. The molecule has 3 heterocycles. The van der Waals surface area contributed by atoms with Crippen molar-refractivity contribution >= 4 is 11.0 Å². The summed E-state index contributed by atoms with van der Waals surface area (Å²) >= 11 is 0. The van der Waals surface area contributed by atoms with Gasteiger partial charge in [0.15, 0.2) is 0 Å². The molecule has 158 valence electrons. The second-order valence-electron chi connectivity index (χ2n) is 7.93. The Bertz CT molecular complexity index is 1130. The molecule has 1 fully saturated rings. The van der Waals surface area contributed by atoms with Crippen LogP contribution in [0, 0.1) is 0 Å². The Morgan fingerprint density at radius 2 is 1.80 bits per heavy atom. The average molecular weight is 409 g/mol. The van der Waals surface area contributed by atoms with E-state index in [2.05, 4.69) is 29.2 Å². The van der Waals surface area contributed by atoms with Crippen molar-refractivity contribution in [3.63, 3.8) is 0 Å². The molecule has 4 rings (SSSR count). The predicted octanol–water partition coefficient (Wildman–Crippen LogP) is 2.12. The Morgan fingerprint density at radius 3 is 2.50 bits per heavy atom. The Labute approximate surface area is 175 Å². The normalized spacial score (nSPS) is 15.7. The first-order chi connectivity index (χ1) is 14.6. The third-order valence-corrected chi connectivity index (χ3v) is 5.98. The number of aromatic nitrogens is 3. The molecule has 0 saturated carbocycles. The van der Waals surface area contributed by atoms with Crippen LogP contribution in [0.25, 0.3) is 11.0 Å². The van der Waals surface area contributed by atoms with Gasteiger partial charge in [0.05, 0.1) is 18.5 Å². The number of ether oxygens (including phenoxy) is 1. The van der Waals surface area contributed by atoms with Gasteiger partial charge in [0, 0.05) is 32.3 Å². The van der Waals surface area contributed by atoms with E-state index in [0.29, 0.717) is 30.1 Å².